The monoisotopic (exact) mass is 586 g/mol. The fraction of sp³-hybridized carbons (Fsp3) is 0.486. The summed E-state index contributed by atoms with van der Waals surface area (Å²) in [6.45, 7) is 4.83. The molecule has 0 radical (unpaired) electrons. The van der Waals surface area contributed by atoms with Gasteiger partial charge in [0.1, 0.15) is 5.75 Å². The topological polar surface area (TPSA) is 51.2 Å². The zero-order valence-corrected chi connectivity index (χ0v) is 26.9. The molecule has 4 rings (SSSR count). The van der Waals surface area contributed by atoms with Crippen LogP contribution in [0.15, 0.2) is 66.7 Å². The number of rotatable bonds is 17. The van der Waals surface area contributed by atoms with Crippen LogP contribution in [-0.4, -0.2) is 58.8 Å². The lowest BCUT2D eigenvalue weighted by Gasteiger charge is -2.42. The van der Waals surface area contributed by atoms with E-state index >= 15 is 0 Å². The quantitative estimate of drug-likeness (QED) is 0.154. The molecule has 6 nitrogen and oxygen atoms in total. The number of para-hydroxylation sites is 2. The molecule has 1 atom stereocenters. The van der Waals surface area contributed by atoms with Gasteiger partial charge in [-0.05, 0) is 81.1 Å². The van der Waals surface area contributed by atoms with Crippen molar-refractivity contribution in [1.29, 1.82) is 0 Å². The summed E-state index contributed by atoms with van der Waals surface area (Å²) in [7, 11) is 7.42. The SMILES string of the molecule is CCCCCCC1(c2ccccc2OCCCCN(C)CCc2ccc(OC)c(OC)c2)Cc2ccccc2N(C)C1=O. The lowest BCUT2D eigenvalue weighted by Crippen LogP contribution is -2.50. The summed E-state index contributed by atoms with van der Waals surface area (Å²) in [5.41, 5.74) is 3.90. The van der Waals surface area contributed by atoms with Crippen molar-refractivity contribution in [2.45, 2.75) is 70.1 Å². The van der Waals surface area contributed by atoms with Gasteiger partial charge in [0, 0.05) is 24.8 Å². The molecule has 0 N–H and O–H groups in total. The molecule has 3 aromatic carbocycles. The van der Waals surface area contributed by atoms with Crippen LogP contribution in [0.5, 0.6) is 17.2 Å². The van der Waals surface area contributed by atoms with E-state index in [-0.39, 0.29) is 5.91 Å². The number of benzene rings is 3. The van der Waals surface area contributed by atoms with Gasteiger partial charge in [0.05, 0.1) is 26.2 Å². The number of carbonyl (C=O) groups is 1. The van der Waals surface area contributed by atoms with Crippen LogP contribution in [-0.2, 0) is 23.1 Å². The number of hydrogen-bond acceptors (Lipinski definition) is 5. The third-order valence-corrected chi connectivity index (χ3v) is 8.84. The maximum atomic E-state index is 14.2. The minimum absolute atomic E-state index is 0.176. The normalized spacial score (nSPS) is 16.3. The zero-order valence-electron chi connectivity index (χ0n) is 26.9. The number of methoxy groups -OCH3 is 2. The number of likely N-dealkylation sites (N-methyl/N-ethyl adjacent to an activating group) is 2. The lowest BCUT2D eigenvalue weighted by molar-refractivity contribution is -0.124. The molecule has 0 bridgehead atoms. The fourth-order valence-electron chi connectivity index (χ4n) is 6.33. The predicted molar refractivity (Wildman–Crippen MR) is 176 cm³/mol. The maximum Gasteiger partial charge on any atom is 0.237 e. The summed E-state index contributed by atoms with van der Waals surface area (Å²) in [6, 6.07) is 22.7. The third-order valence-electron chi connectivity index (χ3n) is 8.84. The molecular formula is C37H50N2O4. The van der Waals surface area contributed by atoms with E-state index in [9.17, 15) is 4.79 Å². The molecule has 1 heterocycles. The predicted octanol–water partition coefficient (Wildman–Crippen LogP) is 7.46. The summed E-state index contributed by atoms with van der Waals surface area (Å²) in [6.07, 6.45) is 9.02. The Labute approximate surface area is 258 Å². The van der Waals surface area contributed by atoms with Crippen molar-refractivity contribution in [3.05, 3.63) is 83.4 Å². The third kappa shape index (κ3) is 7.91. The van der Waals surface area contributed by atoms with Gasteiger partial charge in [0.2, 0.25) is 5.91 Å². The van der Waals surface area contributed by atoms with Crippen LogP contribution in [0.4, 0.5) is 5.69 Å². The summed E-state index contributed by atoms with van der Waals surface area (Å²) >= 11 is 0. The number of nitrogens with zero attached hydrogens (tertiary/aromatic N) is 2. The van der Waals surface area contributed by atoms with Gasteiger partial charge in [-0.25, -0.2) is 0 Å². The summed E-state index contributed by atoms with van der Waals surface area (Å²) in [5.74, 6) is 2.55. The van der Waals surface area contributed by atoms with E-state index in [1.165, 1.54) is 24.0 Å². The van der Waals surface area contributed by atoms with Gasteiger partial charge in [-0.3, -0.25) is 4.79 Å². The van der Waals surface area contributed by atoms with Crippen molar-refractivity contribution >= 4 is 11.6 Å². The highest BCUT2D eigenvalue weighted by Crippen LogP contribution is 2.45. The molecule has 1 unspecified atom stereocenters. The highest BCUT2D eigenvalue weighted by molar-refractivity contribution is 6.04. The van der Waals surface area contributed by atoms with Crippen LogP contribution >= 0.6 is 0 Å². The highest BCUT2D eigenvalue weighted by atomic mass is 16.5. The number of carbonyl (C=O) groups excluding carboxylic acids is 1. The molecular weight excluding hydrogens is 536 g/mol. The highest BCUT2D eigenvalue weighted by Gasteiger charge is 2.47. The number of unbranched alkanes of at least 4 members (excludes halogenated alkanes) is 4. The van der Waals surface area contributed by atoms with E-state index in [0.29, 0.717) is 13.0 Å². The number of fused-ring (bicyclic) bond motifs is 1. The van der Waals surface area contributed by atoms with E-state index in [2.05, 4.69) is 61.3 Å². The van der Waals surface area contributed by atoms with Gasteiger partial charge in [0.25, 0.3) is 0 Å². The summed E-state index contributed by atoms with van der Waals surface area (Å²) < 4.78 is 17.3. The molecule has 232 valence electrons. The molecule has 1 amide bonds. The number of ether oxygens (including phenoxy) is 3. The van der Waals surface area contributed by atoms with Gasteiger partial charge in [-0.1, -0.05) is 75.1 Å². The zero-order chi connectivity index (χ0) is 30.7. The van der Waals surface area contributed by atoms with E-state index in [0.717, 1.165) is 80.1 Å². The maximum absolute atomic E-state index is 14.2. The molecule has 0 aliphatic carbocycles. The Balaban J connectivity index is 1.37. The Hall–Kier alpha value is -3.51. The Kier molecular flexibility index (Phi) is 11.9. The lowest BCUT2D eigenvalue weighted by atomic mass is 9.68. The second kappa shape index (κ2) is 15.8. The van der Waals surface area contributed by atoms with Gasteiger partial charge >= 0.3 is 0 Å². The summed E-state index contributed by atoms with van der Waals surface area (Å²) in [5, 5.41) is 0. The first-order chi connectivity index (χ1) is 20.9. The van der Waals surface area contributed by atoms with E-state index in [1.54, 1.807) is 14.2 Å². The summed E-state index contributed by atoms with van der Waals surface area (Å²) in [4.78, 5) is 18.4. The van der Waals surface area contributed by atoms with Crippen LogP contribution < -0.4 is 19.1 Å². The molecule has 1 aliphatic rings. The smallest absolute Gasteiger partial charge is 0.237 e. The Morgan fingerprint density at radius 2 is 1.60 bits per heavy atom. The minimum Gasteiger partial charge on any atom is -0.493 e. The first-order valence-electron chi connectivity index (χ1n) is 15.9. The van der Waals surface area contributed by atoms with Crippen LogP contribution in [0.25, 0.3) is 0 Å². The number of hydrogen-bond donors (Lipinski definition) is 0. The molecule has 0 saturated heterocycles. The Bertz CT molecular complexity index is 1330. The standard InChI is InChI=1S/C37H50N2O4/c1-6-7-8-13-23-37(28-30-16-9-11-18-32(30)39(3)36(37)40)31-17-10-12-19-33(31)43-26-15-14-24-38(2)25-22-29-20-21-34(41-4)35(27-29)42-5/h9-12,16-21,27H,6-8,13-15,22-26,28H2,1-5H3. The Morgan fingerprint density at radius 3 is 2.40 bits per heavy atom. The van der Waals surface area contributed by atoms with Crippen molar-refractivity contribution in [1.82, 2.24) is 4.90 Å². The number of amides is 1. The van der Waals surface area contributed by atoms with Crippen LogP contribution in [0, 0.1) is 0 Å². The fourth-order valence-corrected chi connectivity index (χ4v) is 6.33. The second-order valence-corrected chi connectivity index (χ2v) is 11.9. The first-order valence-corrected chi connectivity index (χ1v) is 15.9. The van der Waals surface area contributed by atoms with Gasteiger partial charge in [0.15, 0.2) is 11.5 Å². The van der Waals surface area contributed by atoms with Crippen molar-refractivity contribution in [3.63, 3.8) is 0 Å². The first kappa shape index (κ1) is 32.4. The van der Waals surface area contributed by atoms with E-state index < -0.39 is 5.41 Å². The Morgan fingerprint density at radius 1 is 0.837 bits per heavy atom. The molecule has 0 saturated carbocycles. The van der Waals surface area contributed by atoms with Crippen molar-refractivity contribution in [2.75, 3.05) is 52.9 Å². The average molecular weight is 587 g/mol. The van der Waals surface area contributed by atoms with Crippen LogP contribution in [0.3, 0.4) is 0 Å². The molecule has 0 aromatic heterocycles. The molecule has 0 spiro atoms. The van der Waals surface area contributed by atoms with Crippen molar-refractivity contribution in [3.8, 4) is 17.2 Å². The minimum atomic E-state index is -0.613. The second-order valence-electron chi connectivity index (χ2n) is 11.9. The molecule has 0 fully saturated rings. The van der Waals surface area contributed by atoms with Crippen LogP contribution in [0.2, 0.25) is 0 Å². The van der Waals surface area contributed by atoms with Crippen molar-refractivity contribution in [2.24, 2.45) is 0 Å². The molecule has 1 aliphatic heterocycles. The molecule has 6 heteroatoms. The van der Waals surface area contributed by atoms with Crippen molar-refractivity contribution < 1.29 is 19.0 Å². The number of anilines is 1. The molecule has 3 aromatic rings. The molecule has 43 heavy (non-hydrogen) atoms. The van der Waals surface area contributed by atoms with E-state index in [1.807, 2.05) is 36.2 Å². The van der Waals surface area contributed by atoms with Crippen LogP contribution in [0.1, 0.15) is 68.6 Å². The largest absolute Gasteiger partial charge is 0.493 e. The average Bonchev–Trinajstić information content (AvgIpc) is 3.04. The van der Waals surface area contributed by atoms with Gasteiger partial charge in [-0.2, -0.15) is 0 Å². The van der Waals surface area contributed by atoms with Gasteiger partial charge < -0.3 is 24.0 Å². The van der Waals surface area contributed by atoms with E-state index in [4.69, 9.17) is 14.2 Å². The van der Waals surface area contributed by atoms with Gasteiger partial charge in [-0.15, -0.1) is 0 Å².